The summed E-state index contributed by atoms with van der Waals surface area (Å²) in [5.41, 5.74) is 2.76. The molecule has 0 spiro atoms. The zero-order valence-electron chi connectivity index (χ0n) is 19.0. The van der Waals surface area contributed by atoms with Crippen LogP contribution in [0.25, 0.3) is 22.6 Å². The maximum absolute atomic E-state index is 13.5. The van der Waals surface area contributed by atoms with E-state index in [1.165, 1.54) is 0 Å². The Balaban J connectivity index is 1.31. The fraction of sp³-hybridized carbons (Fsp3) is 0.280. The highest BCUT2D eigenvalue weighted by Gasteiger charge is 2.28. The molecular weight excluding hydrogens is 436 g/mol. The maximum atomic E-state index is 13.5. The molecule has 3 aromatic heterocycles. The molecule has 0 aliphatic carbocycles. The van der Waals surface area contributed by atoms with Crippen LogP contribution in [0.5, 0.6) is 5.75 Å². The Morgan fingerprint density at radius 3 is 2.59 bits per heavy atom. The van der Waals surface area contributed by atoms with Crippen molar-refractivity contribution in [1.29, 1.82) is 0 Å². The summed E-state index contributed by atoms with van der Waals surface area (Å²) >= 11 is 0. The monoisotopic (exact) mass is 460 g/mol. The quantitative estimate of drug-likeness (QED) is 0.450. The van der Waals surface area contributed by atoms with Gasteiger partial charge in [0.15, 0.2) is 5.76 Å². The normalized spacial score (nSPS) is 13.9. The molecule has 34 heavy (non-hydrogen) atoms. The molecule has 0 bridgehead atoms. The number of carbonyl (C=O) groups excluding carboxylic acids is 2. The fourth-order valence-corrected chi connectivity index (χ4v) is 4.21. The van der Waals surface area contributed by atoms with Gasteiger partial charge in [0.05, 0.1) is 36.4 Å². The van der Waals surface area contributed by atoms with E-state index in [1.807, 2.05) is 24.3 Å². The molecule has 0 radical (unpaired) electrons. The van der Waals surface area contributed by atoms with Gasteiger partial charge in [0.25, 0.3) is 11.6 Å². The van der Waals surface area contributed by atoms with Gasteiger partial charge in [0.1, 0.15) is 11.4 Å². The lowest BCUT2D eigenvalue weighted by Crippen LogP contribution is -2.51. The van der Waals surface area contributed by atoms with Crippen LogP contribution in [-0.2, 0) is 11.2 Å². The molecule has 174 valence electrons. The van der Waals surface area contributed by atoms with Crippen LogP contribution in [0.3, 0.4) is 0 Å². The summed E-state index contributed by atoms with van der Waals surface area (Å²) in [5, 5.41) is 4.59. The molecular formula is C25H24N4O5. The maximum Gasteiger partial charge on any atom is 0.259 e. The average molecular weight is 460 g/mol. The van der Waals surface area contributed by atoms with Gasteiger partial charge in [-0.05, 0) is 42.8 Å². The summed E-state index contributed by atoms with van der Waals surface area (Å²) in [7, 11) is 1.60. The number of ether oxygens (including phenoxy) is 1. The third kappa shape index (κ3) is 4.12. The molecule has 1 fully saturated rings. The van der Waals surface area contributed by atoms with E-state index in [0.717, 1.165) is 11.3 Å². The van der Waals surface area contributed by atoms with Crippen LogP contribution in [-0.4, -0.2) is 65.0 Å². The minimum atomic E-state index is -0.147. The van der Waals surface area contributed by atoms with E-state index in [9.17, 15) is 9.59 Å². The SMILES string of the molecule is COc1cccc(CC(=O)N2CCN(C(=O)c3cc(-c4ccco4)nc4onc(C)c34)CC2)c1. The van der Waals surface area contributed by atoms with Crippen LogP contribution in [0.4, 0.5) is 0 Å². The summed E-state index contributed by atoms with van der Waals surface area (Å²) < 4.78 is 16.0. The number of aromatic nitrogens is 2. The second kappa shape index (κ2) is 9.01. The van der Waals surface area contributed by atoms with Crippen molar-refractivity contribution in [3.63, 3.8) is 0 Å². The molecule has 9 nitrogen and oxygen atoms in total. The number of piperazine rings is 1. The molecule has 0 atom stereocenters. The van der Waals surface area contributed by atoms with Crippen molar-refractivity contribution in [3.05, 3.63) is 65.5 Å². The van der Waals surface area contributed by atoms with Crippen LogP contribution in [0.15, 0.2) is 57.7 Å². The van der Waals surface area contributed by atoms with Crippen molar-refractivity contribution in [2.45, 2.75) is 13.3 Å². The highest BCUT2D eigenvalue weighted by atomic mass is 16.5. The van der Waals surface area contributed by atoms with Gasteiger partial charge in [-0.2, -0.15) is 0 Å². The number of methoxy groups -OCH3 is 1. The van der Waals surface area contributed by atoms with Crippen LogP contribution >= 0.6 is 0 Å². The van der Waals surface area contributed by atoms with E-state index in [1.54, 1.807) is 48.3 Å². The Hall–Kier alpha value is -4.14. The highest BCUT2D eigenvalue weighted by Crippen LogP contribution is 2.28. The molecule has 1 saturated heterocycles. The molecule has 1 aliphatic heterocycles. The Morgan fingerprint density at radius 2 is 1.85 bits per heavy atom. The van der Waals surface area contributed by atoms with E-state index in [0.29, 0.717) is 66.4 Å². The number of amides is 2. The predicted octanol–water partition coefficient (Wildman–Crippen LogP) is 3.33. The number of nitrogens with zero attached hydrogens (tertiary/aromatic N) is 4. The third-order valence-corrected chi connectivity index (χ3v) is 6.03. The first kappa shape index (κ1) is 21.7. The topological polar surface area (TPSA) is 102 Å². The number of furan rings is 1. The largest absolute Gasteiger partial charge is 0.497 e. The van der Waals surface area contributed by atoms with Crippen molar-refractivity contribution in [1.82, 2.24) is 19.9 Å². The van der Waals surface area contributed by atoms with E-state index >= 15 is 0 Å². The van der Waals surface area contributed by atoms with Gasteiger partial charge in [-0.1, -0.05) is 17.3 Å². The Bertz CT molecular complexity index is 1340. The fourth-order valence-electron chi connectivity index (χ4n) is 4.21. The Kier molecular flexibility index (Phi) is 5.75. The molecule has 0 unspecified atom stereocenters. The van der Waals surface area contributed by atoms with Gasteiger partial charge >= 0.3 is 0 Å². The van der Waals surface area contributed by atoms with Crippen LogP contribution in [0, 0.1) is 6.92 Å². The van der Waals surface area contributed by atoms with E-state index < -0.39 is 0 Å². The molecule has 4 heterocycles. The summed E-state index contributed by atoms with van der Waals surface area (Å²) in [6, 6.07) is 12.7. The number of rotatable bonds is 5. The lowest BCUT2D eigenvalue weighted by Gasteiger charge is -2.35. The third-order valence-electron chi connectivity index (χ3n) is 6.03. The van der Waals surface area contributed by atoms with Crippen molar-refractivity contribution in [3.8, 4) is 17.2 Å². The second-order valence-electron chi connectivity index (χ2n) is 8.18. The molecule has 4 aromatic rings. The standard InChI is InChI=1S/C25H24N4O5/c1-16-23-19(15-20(21-7-4-12-33-21)26-24(23)34-27-16)25(31)29-10-8-28(9-11-29)22(30)14-17-5-3-6-18(13-17)32-2/h3-7,12-13,15H,8-11,14H2,1-2H3. The summed E-state index contributed by atoms with van der Waals surface area (Å²) in [4.78, 5) is 34.3. The first-order valence-electron chi connectivity index (χ1n) is 11.0. The van der Waals surface area contributed by atoms with Crippen molar-refractivity contribution < 1.29 is 23.3 Å². The Labute approximate surface area is 195 Å². The number of hydrogen-bond acceptors (Lipinski definition) is 7. The van der Waals surface area contributed by atoms with Crippen LogP contribution in [0.1, 0.15) is 21.6 Å². The van der Waals surface area contributed by atoms with Gasteiger partial charge in [-0.3, -0.25) is 9.59 Å². The van der Waals surface area contributed by atoms with Crippen LogP contribution < -0.4 is 4.74 Å². The molecule has 1 aliphatic rings. The van der Waals surface area contributed by atoms with Crippen molar-refractivity contribution in [2.75, 3.05) is 33.3 Å². The zero-order chi connectivity index (χ0) is 23.7. The second-order valence-corrected chi connectivity index (χ2v) is 8.18. The number of carbonyl (C=O) groups is 2. The lowest BCUT2D eigenvalue weighted by molar-refractivity contribution is -0.131. The smallest absolute Gasteiger partial charge is 0.259 e. The van der Waals surface area contributed by atoms with Gasteiger partial charge in [0.2, 0.25) is 5.91 Å². The minimum Gasteiger partial charge on any atom is -0.497 e. The average Bonchev–Trinajstić information content (AvgIpc) is 3.54. The number of fused-ring (bicyclic) bond motifs is 1. The van der Waals surface area contributed by atoms with Gasteiger partial charge in [0, 0.05) is 26.2 Å². The van der Waals surface area contributed by atoms with Gasteiger partial charge < -0.3 is 23.5 Å². The van der Waals surface area contributed by atoms with Crippen molar-refractivity contribution in [2.24, 2.45) is 0 Å². The zero-order valence-corrected chi connectivity index (χ0v) is 19.0. The molecule has 2 amide bonds. The van der Waals surface area contributed by atoms with Gasteiger partial charge in [-0.15, -0.1) is 0 Å². The van der Waals surface area contributed by atoms with Crippen LogP contribution in [0.2, 0.25) is 0 Å². The minimum absolute atomic E-state index is 0.0293. The molecule has 1 aromatic carbocycles. The summed E-state index contributed by atoms with van der Waals surface area (Å²) in [6.45, 7) is 3.60. The molecule has 0 saturated carbocycles. The van der Waals surface area contributed by atoms with E-state index in [4.69, 9.17) is 13.7 Å². The predicted molar refractivity (Wildman–Crippen MR) is 123 cm³/mol. The molecule has 9 heteroatoms. The van der Waals surface area contributed by atoms with E-state index in [2.05, 4.69) is 10.1 Å². The first-order chi connectivity index (χ1) is 16.5. The number of aryl methyl sites for hydroxylation is 1. The van der Waals surface area contributed by atoms with Gasteiger partial charge in [-0.25, -0.2) is 4.98 Å². The number of benzene rings is 1. The molecule has 0 N–H and O–H groups in total. The summed E-state index contributed by atoms with van der Waals surface area (Å²) in [6.07, 6.45) is 1.85. The lowest BCUT2D eigenvalue weighted by atomic mass is 10.1. The number of pyridine rings is 1. The summed E-state index contributed by atoms with van der Waals surface area (Å²) in [5.74, 6) is 1.15. The Morgan fingerprint density at radius 1 is 1.06 bits per heavy atom. The number of hydrogen-bond donors (Lipinski definition) is 0. The first-order valence-corrected chi connectivity index (χ1v) is 11.0. The van der Waals surface area contributed by atoms with E-state index in [-0.39, 0.29) is 11.8 Å². The highest BCUT2D eigenvalue weighted by molar-refractivity contribution is 6.07. The van der Waals surface area contributed by atoms with Crippen molar-refractivity contribution >= 4 is 22.9 Å². The molecule has 5 rings (SSSR count).